The highest BCUT2D eigenvalue weighted by molar-refractivity contribution is 5.20. The summed E-state index contributed by atoms with van der Waals surface area (Å²) >= 11 is 0. The maximum atomic E-state index is 6.02. The number of benzene rings is 1. The highest BCUT2D eigenvalue weighted by Gasteiger charge is 2.36. The first kappa shape index (κ1) is 18.3. The number of hydrogen-bond acceptors (Lipinski definition) is 4. The van der Waals surface area contributed by atoms with Gasteiger partial charge < -0.3 is 9.30 Å². The Hall–Kier alpha value is -1.69. The first-order chi connectivity index (χ1) is 13.9. The third-order valence-electron chi connectivity index (χ3n) is 6.88. The van der Waals surface area contributed by atoms with E-state index in [-0.39, 0.29) is 0 Å². The fourth-order valence-electron chi connectivity index (χ4n) is 5.38. The molecule has 0 unspecified atom stereocenters. The minimum atomic E-state index is 0.398. The molecule has 2 atom stereocenters. The number of morpholine rings is 1. The Balaban J connectivity index is 1.25. The lowest BCUT2D eigenvalue weighted by Gasteiger charge is -2.48. The van der Waals surface area contributed by atoms with Crippen LogP contribution in [0, 0.1) is 0 Å². The zero-order chi connectivity index (χ0) is 18.8. The van der Waals surface area contributed by atoms with E-state index in [2.05, 4.69) is 62.2 Å². The van der Waals surface area contributed by atoms with Crippen molar-refractivity contribution in [3.8, 4) is 0 Å². The van der Waals surface area contributed by atoms with Crippen LogP contribution in [-0.2, 0) is 11.3 Å². The number of rotatable bonds is 4. The first-order valence-corrected chi connectivity index (χ1v) is 11.0. The van der Waals surface area contributed by atoms with Gasteiger partial charge in [0.05, 0.1) is 31.3 Å². The average molecular weight is 381 g/mol. The van der Waals surface area contributed by atoms with E-state index in [1.54, 1.807) is 0 Å². The van der Waals surface area contributed by atoms with E-state index in [9.17, 15) is 0 Å². The molecule has 1 aliphatic carbocycles. The van der Waals surface area contributed by atoms with E-state index in [0.29, 0.717) is 18.1 Å². The highest BCUT2D eigenvalue weighted by Crippen LogP contribution is 2.31. The molecule has 2 aromatic rings. The van der Waals surface area contributed by atoms with Gasteiger partial charge >= 0.3 is 0 Å². The number of aromatic nitrogens is 2. The molecular formula is C23H32N4O. The lowest BCUT2D eigenvalue weighted by Crippen LogP contribution is -2.58. The molecule has 5 heteroatoms. The molecule has 3 heterocycles. The fraction of sp³-hybridized carbons (Fsp3) is 0.609. The van der Waals surface area contributed by atoms with Crippen molar-refractivity contribution in [3.63, 3.8) is 0 Å². The van der Waals surface area contributed by atoms with Crippen LogP contribution in [0.5, 0.6) is 0 Å². The molecule has 1 aromatic heterocycles. The van der Waals surface area contributed by atoms with Crippen LogP contribution in [0.1, 0.15) is 55.4 Å². The van der Waals surface area contributed by atoms with Gasteiger partial charge in [-0.15, -0.1) is 0 Å². The van der Waals surface area contributed by atoms with Crippen LogP contribution in [0.4, 0.5) is 0 Å². The second-order valence-corrected chi connectivity index (χ2v) is 8.67. The predicted molar refractivity (Wildman–Crippen MR) is 110 cm³/mol. The van der Waals surface area contributed by atoms with Gasteiger partial charge in [0.2, 0.25) is 0 Å². The molecule has 0 amide bonds. The Morgan fingerprint density at radius 2 is 1.82 bits per heavy atom. The van der Waals surface area contributed by atoms with E-state index in [4.69, 9.17) is 4.74 Å². The second-order valence-electron chi connectivity index (χ2n) is 8.67. The third-order valence-corrected chi connectivity index (χ3v) is 6.88. The topological polar surface area (TPSA) is 33.5 Å². The van der Waals surface area contributed by atoms with Gasteiger partial charge in [0.1, 0.15) is 0 Å². The summed E-state index contributed by atoms with van der Waals surface area (Å²) in [6.45, 7) is 5.99. The summed E-state index contributed by atoms with van der Waals surface area (Å²) in [4.78, 5) is 9.78. The van der Waals surface area contributed by atoms with Crippen LogP contribution in [-0.4, -0.2) is 58.2 Å². The molecule has 0 bridgehead atoms. The molecule has 1 saturated carbocycles. The molecular weight excluding hydrogens is 348 g/mol. The van der Waals surface area contributed by atoms with Crippen molar-refractivity contribution in [2.45, 2.75) is 56.8 Å². The van der Waals surface area contributed by atoms with Crippen LogP contribution in [0.15, 0.2) is 42.9 Å². The molecule has 28 heavy (non-hydrogen) atoms. The third kappa shape index (κ3) is 3.76. The maximum Gasteiger partial charge on any atom is 0.0951 e. The molecule has 150 valence electrons. The number of nitrogens with zero attached hydrogens (tertiary/aromatic N) is 4. The Kier molecular flexibility index (Phi) is 5.47. The summed E-state index contributed by atoms with van der Waals surface area (Å²) in [7, 11) is 0. The summed E-state index contributed by atoms with van der Waals surface area (Å²) in [6.07, 6.45) is 10.9. The van der Waals surface area contributed by atoms with Crippen LogP contribution in [0.2, 0.25) is 0 Å². The van der Waals surface area contributed by atoms with Crippen molar-refractivity contribution in [1.29, 1.82) is 0 Å². The van der Waals surface area contributed by atoms with Crippen LogP contribution in [0.3, 0.4) is 0 Å². The minimum Gasteiger partial charge on any atom is -0.378 e. The normalized spacial score (nSPS) is 27.6. The zero-order valence-electron chi connectivity index (χ0n) is 16.7. The summed E-state index contributed by atoms with van der Waals surface area (Å²) in [5.41, 5.74) is 2.77. The molecule has 3 aliphatic rings. The number of ether oxygens (including phenoxy) is 1. The molecule has 0 radical (unpaired) electrons. The predicted octanol–water partition coefficient (Wildman–Crippen LogP) is 3.65. The van der Waals surface area contributed by atoms with Gasteiger partial charge in [0, 0.05) is 44.5 Å². The molecule has 2 aliphatic heterocycles. The highest BCUT2D eigenvalue weighted by atomic mass is 16.5. The summed E-state index contributed by atoms with van der Waals surface area (Å²) < 4.78 is 8.49. The van der Waals surface area contributed by atoms with Crippen molar-refractivity contribution >= 4 is 0 Å². The number of fused-ring (bicyclic) bond motifs is 1. The fourth-order valence-corrected chi connectivity index (χ4v) is 5.38. The van der Waals surface area contributed by atoms with Gasteiger partial charge in [0.15, 0.2) is 0 Å². The lowest BCUT2D eigenvalue weighted by molar-refractivity contribution is -0.0838. The average Bonchev–Trinajstić information content (AvgIpc) is 3.22. The Bertz CT molecular complexity index is 755. The van der Waals surface area contributed by atoms with Crippen molar-refractivity contribution < 1.29 is 4.74 Å². The van der Waals surface area contributed by atoms with Gasteiger partial charge in [0.25, 0.3) is 0 Å². The Morgan fingerprint density at radius 3 is 2.68 bits per heavy atom. The maximum absolute atomic E-state index is 6.02. The second kappa shape index (κ2) is 8.36. The standard InChI is InChI=1S/C23H32N4O/c1-3-7-19(8-4-1)23-17-28-16-22-15-25(11-12-26(22)23)14-21-13-24-18-27(21)20-9-5-2-6-10-20/h1,3-4,7-8,13,18,20,22-23H,2,5-6,9-12,14-17H2/t22-,23-/m1/s1. The largest absolute Gasteiger partial charge is 0.378 e. The van der Waals surface area contributed by atoms with Crippen LogP contribution >= 0.6 is 0 Å². The number of imidazole rings is 1. The molecule has 2 saturated heterocycles. The van der Waals surface area contributed by atoms with E-state index in [1.165, 1.54) is 43.4 Å². The Labute approximate surface area is 168 Å². The summed E-state index contributed by atoms with van der Waals surface area (Å²) in [5, 5.41) is 0. The molecule has 5 rings (SSSR count). The Morgan fingerprint density at radius 1 is 0.964 bits per heavy atom. The SMILES string of the molecule is c1ccc([C@H]2COC[C@H]3CN(Cc4cncn4C4CCCCC4)CCN32)cc1. The molecule has 3 fully saturated rings. The molecule has 1 aromatic carbocycles. The van der Waals surface area contributed by atoms with Gasteiger partial charge in [-0.3, -0.25) is 9.80 Å². The summed E-state index contributed by atoms with van der Waals surface area (Å²) in [5.74, 6) is 0. The van der Waals surface area contributed by atoms with Gasteiger partial charge in [-0.2, -0.15) is 0 Å². The van der Waals surface area contributed by atoms with Crippen molar-refractivity contribution in [2.24, 2.45) is 0 Å². The van der Waals surface area contributed by atoms with E-state index < -0.39 is 0 Å². The van der Waals surface area contributed by atoms with Crippen molar-refractivity contribution in [1.82, 2.24) is 19.4 Å². The van der Waals surface area contributed by atoms with E-state index in [1.807, 2.05) is 0 Å². The van der Waals surface area contributed by atoms with Crippen LogP contribution < -0.4 is 0 Å². The van der Waals surface area contributed by atoms with Crippen LogP contribution in [0.25, 0.3) is 0 Å². The summed E-state index contributed by atoms with van der Waals surface area (Å²) in [6, 6.07) is 12.4. The smallest absolute Gasteiger partial charge is 0.0951 e. The molecule has 0 N–H and O–H groups in total. The van der Waals surface area contributed by atoms with E-state index >= 15 is 0 Å². The zero-order valence-corrected chi connectivity index (χ0v) is 16.7. The number of piperazine rings is 1. The van der Waals surface area contributed by atoms with Crippen molar-refractivity contribution in [3.05, 3.63) is 54.1 Å². The van der Waals surface area contributed by atoms with Gasteiger partial charge in [-0.1, -0.05) is 49.6 Å². The lowest BCUT2D eigenvalue weighted by atomic mass is 9.95. The number of hydrogen-bond donors (Lipinski definition) is 0. The minimum absolute atomic E-state index is 0.398. The van der Waals surface area contributed by atoms with E-state index in [0.717, 1.165) is 39.4 Å². The monoisotopic (exact) mass is 380 g/mol. The van der Waals surface area contributed by atoms with Crippen molar-refractivity contribution in [2.75, 3.05) is 32.8 Å². The first-order valence-electron chi connectivity index (χ1n) is 11.0. The molecule has 0 spiro atoms. The molecule has 5 nitrogen and oxygen atoms in total. The van der Waals surface area contributed by atoms with Gasteiger partial charge in [-0.25, -0.2) is 4.98 Å². The quantitative estimate of drug-likeness (QED) is 0.811. The van der Waals surface area contributed by atoms with Gasteiger partial charge in [-0.05, 0) is 18.4 Å².